The predicted molar refractivity (Wildman–Crippen MR) is 57.3 cm³/mol. The molecule has 0 aliphatic rings. The minimum atomic E-state index is -0.126. The summed E-state index contributed by atoms with van der Waals surface area (Å²) in [7, 11) is 1.61. The summed E-state index contributed by atoms with van der Waals surface area (Å²) in [6, 6.07) is 8.07. The molecule has 3 heteroatoms. The van der Waals surface area contributed by atoms with E-state index in [1.165, 1.54) is 11.1 Å². The number of aryl methyl sites for hydroxylation is 1. The SMILES string of the molecule is CNC(=O)NCCc1ccccc1C. The maximum Gasteiger partial charge on any atom is 0.314 e. The Morgan fingerprint density at radius 3 is 2.71 bits per heavy atom. The van der Waals surface area contributed by atoms with Crippen LogP contribution < -0.4 is 10.6 Å². The summed E-state index contributed by atoms with van der Waals surface area (Å²) in [6.45, 7) is 2.75. The Bertz CT molecular complexity index is 310. The number of urea groups is 1. The van der Waals surface area contributed by atoms with Gasteiger partial charge in [-0.3, -0.25) is 0 Å². The molecule has 0 fully saturated rings. The lowest BCUT2D eigenvalue weighted by Gasteiger charge is -2.06. The molecule has 0 saturated carbocycles. The van der Waals surface area contributed by atoms with E-state index in [0.717, 1.165) is 6.42 Å². The highest BCUT2D eigenvalue weighted by atomic mass is 16.2. The Morgan fingerprint density at radius 2 is 2.07 bits per heavy atom. The fraction of sp³-hybridized carbons (Fsp3) is 0.364. The lowest BCUT2D eigenvalue weighted by atomic mass is 10.1. The molecule has 0 radical (unpaired) electrons. The van der Waals surface area contributed by atoms with Crippen molar-refractivity contribution < 1.29 is 4.79 Å². The number of amides is 2. The first kappa shape index (κ1) is 10.6. The third kappa shape index (κ3) is 3.09. The molecule has 0 aromatic heterocycles. The fourth-order valence-corrected chi connectivity index (χ4v) is 1.29. The van der Waals surface area contributed by atoms with Crippen LogP contribution in [0, 0.1) is 6.92 Å². The highest BCUT2D eigenvalue weighted by molar-refractivity contribution is 5.73. The molecule has 0 atom stereocenters. The van der Waals surface area contributed by atoms with Crippen LogP contribution >= 0.6 is 0 Å². The van der Waals surface area contributed by atoms with Crippen LogP contribution in [0.3, 0.4) is 0 Å². The summed E-state index contributed by atoms with van der Waals surface area (Å²) in [4.78, 5) is 10.9. The second-order valence-corrected chi connectivity index (χ2v) is 3.18. The Kier molecular flexibility index (Phi) is 3.98. The average Bonchev–Trinajstić information content (AvgIpc) is 2.20. The number of hydrogen-bond acceptors (Lipinski definition) is 1. The number of carbonyl (C=O) groups excluding carboxylic acids is 1. The molecule has 76 valence electrons. The van der Waals surface area contributed by atoms with Crippen LogP contribution in [0.4, 0.5) is 4.79 Å². The molecular formula is C11H16N2O. The van der Waals surface area contributed by atoms with Crippen molar-refractivity contribution in [3.05, 3.63) is 35.4 Å². The van der Waals surface area contributed by atoms with Crippen molar-refractivity contribution in [3.8, 4) is 0 Å². The van der Waals surface area contributed by atoms with Gasteiger partial charge in [0.25, 0.3) is 0 Å². The van der Waals surface area contributed by atoms with Gasteiger partial charge in [0.05, 0.1) is 0 Å². The summed E-state index contributed by atoms with van der Waals surface area (Å²) in [5, 5.41) is 5.27. The Balaban J connectivity index is 2.39. The highest BCUT2D eigenvalue weighted by Gasteiger charge is 1.98. The topological polar surface area (TPSA) is 41.1 Å². The van der Waals surface area contributed by atoms with E-state index in [1.54, 1.807) is 7.05 Å². The fourth-order valence-electron chi connectivity index (χ4n) is 1.29. The first-order valence-corrected chi connectivity index (χ1v) is 4.74. The predicted octanol–water partition coefficient (Wildman–Crippen LogP) is 1.47. The molecule has 0 aliphatic heterocycles. The molecule has 1 aromatic carbocycles. The van der Waals surface area contributed by atoms with Crippen molar-refractivity contribution >= 4 is 6.03 Å². The number of nitrogens with one attached hydrogen (secondary N) is 2. The molecule has 1 rings (SSSR count). The van der Waals surface area contributed by atoms with Gasteiger partial charge in [0.1, 0.15) is 0 Å². The lowest BCUT2D eigenvalue weighted by molar-refractivity contribution is 0.243. The van der Waals surface area contributed by atoms with E-state index in [2.05, 4.69) is 29.7 Å². The average molecular weight is 192 g/mol. The van der Waals surface area contributed by atoms with Crippen molar-refractivity contribution in [3.63, 3.8) is 0 Å². The van der Waals surface area contributed by atoms with Gasteiger partial charge in [-0.05, 0) is 24.5 Å². The quantitative estimate of drug-likeness (QED) is 0.748. The van der Waals surface area contributed by atoms with Crippen LogP contribution in [-0.2, 0) is 6.42 Å². The monoisotopic (exact) mass is 192 g/mol. The second-order valence-electron chi connectivity index (χ2n) is 3.18. The Morgan fingerprint density at radius 1 is 1.36 bits per heavy atom. The summed E-state index contributed by atoms with van der Waals surface area (Å²) in [6.07, 6.45) is 0.875. The van der Waals surface area contributed by atoms with E-state index < -0.39 is 0 Å². The van der Waals surface area contributed by atoms with Gasteiger partial charge in [0, 0.05) is 13.6 Å². The standard InChI is InChI=1S/C11H16N2O/c1-9-5-3-4-6-10(9)7-8-13-11(14)12-2/h3-6H,7-8H2,1-2H3,(H2,12,13,14). The molecule has 1 aromatic rings. The maximum atomic E-state index is 10.9. The molecular weight excluding hydrogens is 176 g/mol. The molecule has 0 bridgehead atoms. The van der Waals surface area contributed by atoms with E-state index in [-0.39, 0.29) is 6.03 Å². The van der Waals surface area contributed by atoms with Gasteiger partial charge in [-0.1, -0.05) is 24.3 Å². The van der Waals surface area contributed by atoms with Crippen LogP contribution in [0.25, 0.3) is 0 Å². The van der Waals surface area contributed by atoms with Gasteiger partial charge in [-0.15, -0.1) is 0 Å². The molecule has 14 heavy (non-hydrogen) atoms. The molecule has 3 nitrogen and oxygen atoms in total. The van der Waals surface area contributed by atoms with Crippen molar-refractivity contribution in [2.24, 2.45) is 0 Å². The first-order chi connectivity index (χ1) is 6.74. The van der Waals surface area contributed by atoms with Crippen molar-refractivity contribution in [2.75, 3.05) is 13.6 Å². The van der Waals surface area contributed by atoms with Gasteiger partial charge in [0.15, 0.2) is 0 Å². The first-order valence-electron chi connectivity index (χ1n) is 4.74. The molecule has 0 unspecified atom stereocenters. The van der Waals surface area contributed by atoms with Crippen LogP contribution in [0.1, 0.15) is 11.1 Å². The van der Waals surface area contributed by atoms with Crippen LogP contribution in [0.15, 0.2) is 24.3 Å². The van der Waals surface area contributed by atoms with E-state index in [0.29, 0.717) is 6.54 Å². The Labute approximate surface area is 84.5 Å². The second kappa shape index (κ2) is 5.27. The summed E-state index contributed by atoms with van der Waals surface area (Å²) >= 11 is 0. The smallest absolute Gasteiger partial charge is 0.314 e. The molecule has 0 heterocycles. The zero-order valence-electron chi connectivity index (χ0n) is 8.63. The van der Waals surface area contributed by atoms with Gasteiger partial charge >= 0.3 is 6.03 Å². The number of rotatable bonds is 3. The van der Waals surface area contributed by atoms with Gasteiger partial charge in [-0.2, -0.15) is 0 Å². The van der Waals surface area contributed by atoms with Crippen LogP contribution in [0.5, 0.6) is 0 Å². The normalized spacial score (nSPS) is 9.57. The molecule has 2 N–H and O–H groups in total. The van der Waals surface area contributed by atoms with E-state index >= 15 is 0 Å². The van der Waals surface area contributed by atoms with E-state index in [4.69, 9.17) is 0 Å². The van der Waals surface area contributed by atoms with Gasteiger partial charge < -0.3 is 10.6 Å². The minimum Gasteiger partial charge on any atom is -0.341 e. The largest absolute Gasteiger partial charge is 0.341 e. The van der Waals surface area contributed by atoms with Crippen molar-refractivity contribution in [1.29, 1.82) is 0 Å². The molecule has 0 spiro atoms. The zero-order chi connectivity index (χ0) is 10.4. The van der Waals surface area contributed by atoms with Gasteiger partial charge in [-0.25, -0.2) is 4.79 Å². The third-order valence-corrected chi connectivity index (χ3v) is 2.17. The number of benzene rings is 1. The Hall–Kier alpha value is -1.51. The molecule has 0 saturated heterocycles. The highest BCUT2D eigenvalue weighted by Crippen LogP contribution is 2.06. The molecule has 2 amide bonds. The van der Waals surface area contributed by atoms with Crippen LogP contribution in [0.2, 0.25) is 0 Å². The van der Waals surface area contributed by atoms with Crippen molar-refractivity contribution in [2.45, 2.75) is 13.3 Å². The summed E-state index contributed by atoms with van der Waals surface area (Å²) in [5.41, 5.74) is 2.55. The zero-order valence-corrected chi connectivity index (χ0v) is 8.63. The lowest BCUT2D eigenvalue weighted by Crippen LogP contribution is -2.34. The van der Waals surface area contributed by atoms with E-state index in [1.807, 2.05) is 12.1 Å². The minimum absolute atomic E-state index is 0.126. The number of carbonyl (C=O) groups is 1. The summed E-state index contributed by atoms with van der Waals surface area (Å²) < 4.78 is 0. The van der Waals surface area contributed by atoms with Crippen molar-refractivity contribution in [1.82, 2.24) is 10.6 Å². The third-order valence-electron chi connectivity index (χ3n) is 2.17. The van der Waals surface area contributed by atoms with Gasteiger partial charge in [0.2, 0.25) is 0 Å². The summed E-state index contributed by atoms with van der Waals surface area (Å²) in [5.74, 6) is 0. The van der Waals surface area contributed by atoms with Crippen LogP contribution in [-0.4, -0.2) is 19.6 Å². The maximum absolute atomic E-state index is 10.9. The van der Waals surface area contributed by atoms with E-state index in [9.17, 15) is 4.79 Å². The molecule has 0 aliphatic carbocycles. The number of hydrogen-bond donors (Lipinski definition) is 2.